The number of carbonyl (C=O) groups is 1. The van der Waals surface area contributed by atoms with Crippen molar-refractivity contribution in [2.75, 3.05) is 0 Å². The lowest BCUT2D eigenvalue weighted by atomic mass is 10.1. The summed E-state index contributed by atoms with van der Waals surface area (Å²) in [4.78, 5) is 16.3. The average Bonchev–Trinajstić information content (AvgIpc) is 3.14. The first kappa shape index (κ1) is 13.5. The van der Waals surface area contributed by atoms with Crippen LogP contribution in [0.5, 0.6) is 0 Å². The van der Waals surface area contributed by atoms with Gasteiger partial charge in [0.2, 0.25) is 0 Å². The number of nitrogens with zero attached hydrogens (tertiary/aromatic N) is 3. The Hall–Kier alpha value is -2.47. The Morgan fingerprint density at radius 1 is 1.29 bits per heavy atom. The van der Waals surface area contributed by atoms with Crippen molar-refractivity contribution in [2.24, 2.45) is 0 Å². The van der Waals surface area contributed by atoms with E-state index in [0.29, 0.717) is 17.2 Å². The largest absolute Gasteiger partial charge is 0.477 e. The molecule has 2 heterocycles. The van der Waals surface area contributed by atoms with Gasteiger partial charge in [0.05, 0.1) is 11.4 Å². The maximum Gasteiger partial charge on any atom is 0.348 e. The maximum atomic E-state index is 11.5. The number of carboxylic acid groups (broad SMARTS) is 1. The molecule has 106 valence electrons. The van der Waals surface area contributed by atoms with E-state index in [1.165, 1.54) is 11.3 Å². The summed E-state index contributed by atoms with van der Waals surface area (Å²) >= 11 is 1.18. The third kappa shape index (κ3) is 2.45. The molecule has 0 bridgehead atoms. The minimum atomic E-state index is -0.958. The van der Waals surface area contributed by atoms with E-state index in [1.54, 1.807) is 10.9 Å². The molecule has 0 spiro atoms. The molecule has 0 fully saturated rings. The molecule has 0 aliphatic rings. The second kappa shape index (κ2) is 5.49. The highest BCUT2D eigenvalue weighted by molar-refractivity contribution is 7.17. The van der Waals surface area contributed by atoms with Crippen LogP contribution in [0.15, 0.2) is 42.6 Å². The Kier molecular flexibility index (Phi) is 3.53. The monoisotopic (exact) mass is 299 g/mol. The quantitative estimate of drug-likeness (QED) is 0.801. The van der Waals surface area contributed by atoms with Crippen LogP contribution in [-0.2, 0) is 6.54 Å². The SMILES string of the molecule is CCn1nccc1-c1nc(-c2ccccc2)c(C(=O)O)s1. The van der Waals surface area contributed by atoms with E-state index in [1.807, 2.05) is 43.3 Å². The highest BCUT2D eigenvalue weighted by Crippen LogP contribution is 2.33. The van der Waals surface area contributed by atoms with Crippen LogP contribution < -0.4 is 0 Å². The molecule has 0 saturated carbocycles. The standard InChI is InChI=1S/C15H13N3O2S/c1-2-18-11(8-9-16-18)14-17-12(13(21-14)15(19)20)10-6-4-3-5-7-10/h3-9H,2H2,1H3,(H,19,20). The minimum Gasteiger partial charge on any atom is -0.477 e. The zero-order chi connectivity index (χ0) is 14.8. The van der Waals surface area contributed by atoms with Crippen molar-refractivity contribution in [3.63, 3.8) is 0 Å². The molecule has 0 radical (unpaired) electrons. The van der Waals surface area contributed by atoms with Gasteiger partial charge in [-0.25, -0.2) is 9.78 Å². The number of aromatic nitrogens is 3. The average molecular weight is 299 g/mol. The predicted octanol–water partition coefficient (Wildman–Crippen LogP) is 3.39. The van der Waals surface area contributed by atoms with Crippen LogP contribution in [0, 0.1) is 0 Å². The Labute approximate surface area is 125 Å². The second-order valence-corrected chi connectivity index (χ2v) is 5.40. The number of aromatic carboxylic acids is 1. The number of thiazole rings is 1. The van der Waals surface area contributed by atoms with Gasteiger partial charge >= 0.3 is 5.97 Å². The smallest absolute Gasteiger partial charge is 0.348 e. The summed E-state index contributed by atoms with van der Waals surface area (Å²) in [5, 5.41) is 14.3. The molecule has 1 aromatic carbocycles. The molecule has 0 unspecified atom stereocenters. The third-order valence-electron chi connectivity index (χ3n) is 3.10. The number of hydrogen-bond acceptors (Lipinski definition) is 4. The molecule has 0 amide bonds. The van der Waals surface area contributed by atoms with Crippen molar-refractivity contribution in [1.82, 2.24) is 14.8 Å². The van der Waals surface area contributed by atoms with E-state index in [2.05, 4.69) is 10.1 Å². The van der Waals surface area contributed by atoms with Gasteiger partial charge in [0.25, 0.3) is 0 Å². The molecule has 0 saturated heterocycles. The predicted molar refractivity (Wildman–Crippen MR) is 81.4 cm³/mol. The van der Waals surface area contributed by atoms with E-state index in [-0.39, 0.29) is 4.88 Å². The number of carboxylic acids is 1. The zero-order valence-electron chi connectivity index (χ0n) is 11.4. The van der Waals surface area contributed by atoms with Gasteiger partial charge in [0.1, 0.15) is 9.88 Å². The Bertz CT molecular complexity index is 777. The van der Waals surface area contributed by atoms with Crippen LogP contribution in [0.2, 0.25) is 0 Å². The van der Waals surface area contributed by atoms with Gasteiger partial charge in [-0.3, -0.25) is 4.68 Å². The van der Waals surface area contributed by atoms with E-state index in [4.69, 9.17) is 0 Å². The van der Waals surface area contributed by atoms with Gasteiger partial charge in [0, 0.05) is 18.3 Å². The van der Waals surface area contributed by atoms with Gasteiger partial charge in [-0.1, -0.05) is 30.3 Å². The maximum absolute atomic E-state index is 11.5. The molecule has 6 heteroatoms. The Balaban J connectivity index is 2.16. The summed E-state index contributed by atoms with van der Waals surface area (Å²) in [6, 6.07) is 11.2. The highest BCUT2D eigenvalue weighted by atomic mass is 32.1. The molecule has 0 aliphatic heterocycles. The Morgan fingerprint density at radius 2 is 2.05 bits per heavy atom. The molecule has 2 aromatic heterocycles. The fraction of sp³-hybridized carbons (Fsp3) is 0.133. The van der Waals surface area contributed by atoms with E-state index >= 15 is 0 Å². The second-order valence-electron chi connectivity index (χ2n) is 4.40. The molecule has 3 rings (SSSR count). The molecular formula is C15H13N3O2S. The van der Waals surface area contributed by atoms with Crippen LogP contribution in [0.25, 0.3) is 22.0 Å². The van der Waals surface area contributed by atoms with Crippen LogP contribution in [0.3, 0.4) is 0 Å². The van der Waals surface area contributed by atoms with Gasteiger partial charge in [0.15, 0.2) is 0 Å². The lowest BCUT2D eigenvalue weighted by Crippen LogP contribution is -1.98. The highest BCUT2D eigenvalue weighted by Gasteiger charge is 2.20. The van der Waals surface area contributed by atoms with E-state index < -0.39 is 5.97 Å². The third-order valence-corrected chi connectivity index (χ3v) is 4.17. The number of hydrogen-bond donors (Lipinski definition) is 1. The Morgan fingerprint density at radius 3 is 2.71 bits per heavy atom. The van der Waals surface area contributed by atoms with Crippen molar-refractivity contribution in [3.8, 4) is 22.0 Å². The van der Waals surface area contributed by atoms with Gasteiger partial charge in [-0.2, -0.15) is 5.10 Å². The van der Waals surface area contributed by atoms with Crippen LogP contribution in [0.1, 0.15) is 16.6 Å². The number of rotatable bonds is 4. The van der Waals surface area contributed by atoms with Crippen molar-refractivity contribution < 1.29 is 9.90 Å². The summed E-state index contributed by atoms with van der Waals surface area (Å²) in [5.74, 6) is -0.958. The van der Waals surface area contributed by atoms with Crippen molar-refractivity contribution in [3.05, 3.63) is 47.5 Å². The first-order valence-electron chi connectivity index (χ1n) is 6.52. The molecular weight excluding hydrogens is 286 g/mol. The summed E-state index contributed by atoms with van der Waals surface area (Å²) < 4.78 is 1.80. The van der Waals surface area contributed by atoms with Crippen LogP contribution in [0.4, 0.5) is 0 Å². The summed E-state index contributed by atoms with van der Waals surface area (Å²) in [6.07, 6.45) is 1.70. The lowest BCUT2D eigenvalue weighted by Gasteiger charge is -2.00. The van der Waals surface area contributed by atoms with Crippen LogP contribution >= 0.6 is 11.3 Å². The molecule has 0 aliphatic carbocycles. The van der Waals surface area contributed by atoms with Gasteiger partial charge in [-0.15, -0.1) is 11.3 Å². The number of benzene rings is 1. The van der Waals surface area contributed by atoms with E-state index in [0.717, 1.165) is 11.3 Å². The summed E-state index contributed by atoms with van der Waals surface area (Å²) in [5.41, 5.74) is 2.15. The minimum absolute atomic E-state index is 0.250. The zero-order valence-corrected chi connectivity index (χ0v) is 12.2. The number of aryl methyl sites for hydroxylation is 1. The van der Waals surface area contributed by atoms with Gasteiger partial charge < -0.3 is 5.11 Å². The first-order valence-corrected chi connectivity index (χ1v) is 7.34. The normalized spacial score (nSPS) is 10.7. The molecule has 5 nitrogen and oxygen atoms in total. The van der Waals surface area contributed by atoms with Crippen molar-refractivity contribution in [2.45, 2.75) is 13.5 Å². The van der Waals surface area contributed by atoms with Crippen molar-refractivity contribution >= 4 is 17.3 Å². The topological polar surface area (TPSA) is 68.0 Å². The summed E-state index contributed by atoms with van der Waals surface area (Å²) in [7, 11) is 0. The van der Waals surface area contributed by atoms with Crippen LogP contribution in [-0.4, -0.2) is 25.8 Å². The van der Waals surface area contributed by atoms with Crippen molar-refractivity contribution in [1.29, 1.82) is 0 Å². The fourth-order valence-corrected chi connectivity index (χ4v) is 3.09. The molecule has 1 N–H and O–H groups in total. The fourth-order valence-electron chi connectivity index (χ4n) is 2.13. The van der Waals surface area contributed by atoms with E-state index in [9.17, 15) is 9.90 Å². The molecule has 21 heavy (non-hydrogen) atoms. The first-order chi connectivity index (χ1) is 10.2. The molecule has 3 aromatic rings. The lowest BCUT2D eigenvalue weighted by molar-refractivity contribution is 0.0702. The van der Waals surface area contributed by atoms with Gasteiger partial charge in [-0.05, 0) is 13.0 Å². The molecule has 0 atom stereocenters. The summed E-state index contributed by atoms with van der Waals surface area (Å²) in [6.45, 7) is 2.70.